The van der Waals surface area contributed by atoms with Gasteiger partial charge in [-0.15, -0.1) is 0 Å². The SMILES string of the molecule is CC=CC=CC(=O)NC1CC2CCC(C1)N2. The topological polar surface area (TPSA) is 41.1 Å². The summed E-state index contributed by atoms with van der Waals surface area (Å²) in [6.45, 7) is 1.94. The van der Waals surface area contributed by atoms with Crippen LogP contribution in [0.2, 0.25) is 0 Å². The molecule has 2 bridgehead atoms. The van der Waals surface area contributed by atoms with Crippen LogP contribution in [0.1, 0.15) is 32.6 Å². The van der Waals surface area contributed by atoms with Crippen molar-refractivity contribution in [2.75, 3.05) is 0 Å². The van der Waals surface area contributed by atoms with Crippen LogP contribution in [0.3, 0.4) is 0 Å². The summed E-state index contributed by atoms with van der Waals surface area (Å²) in [5, 5.41) is 6.64. The number of hydrogen-bond acceptors (Lipinski definition) is 2. The zero-order chi connectivity index (χ0) is 11.4. The van der Waals surface area contributed by atoms with Crippen molar-refractivity contribution in [3.63, 3.8) is 0 Å². The number of carbonyl (C=O) groups is 1. The lowest BCUT2D eigenvalue weighted by Crippen LogP contribution is -2.47. The van der Waals surface area contributed by atoms with Gasteiger partial charge in [0.25, 0.3) is 0 Å². The number of piperidine rings is 1. The van der Waals surface area contributed by atoms with Gasteiger partial charge >= 0.3 is 0 Å². The second-order valence-corrected chi connectivity index (χ2v) is 4.70. The predicted octanol–water partition coefficient (Wildman–Crippen LogP) is 1.52. The second kappa shape index (κ2) is 5.30. The molecule has 0 radical (unpaired) electrons. The van der Waals surface area contributed by atoms with E-state index < -0.39 is 0 Å². The van der Waals surface area contributed by atoms with Crippen molar-refractivity contribution >= 4 is 5.91 Å². The summed E-state index contributed by atoms with van der Waals surface area (Å²) in [4.78, 5) is 11.6. The molecule has 0 aromatic carbocycles. The molecule has 16 heavy (non-hydrogen) atoms. The second-order valence-electron chi connectivity index (χ2n) is 4.70. The van der Waals surface area contributed by atoms with E-state index in [4.69, 9.17) is 0 Å². The number of nitrogens with one attached hydrogen (secondary N) is 2. The maximum Gasteiger partial charge on any atom is 0.244 e. The van der Waals surface area contributed by atoms with Crippen LogP contribution in [0.25, 0.3) is 0 Å². The molecule has 2 rings (SSSR count). The van der Waals surface area contributed by atoms with Crippen LogP contribution in [-0.4, -0.2) is 24.0 Å². The lowest BCUT2D eigenvalue weighted by Gasteiger charge is -2.29. The summed E-state index contributed by atoms with van der Waals surface area (Å²) in [7, 11) is 0. The van der Waals surface area contributed by atoms with Gasteiger partial charge in [-0.25, -0.2) is 0 Å². The molecule has 2 aliphatic rings. The average Bonchev–Trinajstić information content (AvgIpc) is 2.58. The van der Waals surface area contributed by atoms with Crippen LogP contribution in [-0.2, 0) is 4.79 Å². The molecule has 2 fully saturated rings. The Kier molecular flexibility index (Phi) is 3.78. The highest BCUT2D eigenvalue weighted by molar-refractivity contribution is 5.88. The van der Waals surface area contributed by atoms with E-state index in [2.05, 4.69) is 10.6 Å². The number of carbonyl (C=O) groups excluding carboxylic acids is 1. The molecular weight excluding hydrogens is 200 g/mol. The first-order chi connectivity index (χ1) is 7.78. The van der Waals surface area contributed by atoms with Gasteiger partial charge in [0.1, 0.15) is 0 Å². The van der Waals surface area contributed by atoms with Gasteiger partial charge in [0.05, 0.1) is 0 Å². The first-order valence-electron chi connectivity index (χ1n) is 6.14. The zero-order valence-corrected chi connectivity index (χ0v) is 9.78. The van der Waals surface area contributed by atoms with Gasteiger partial charge in [-0.05, 0) is 32.6 Å². The Morgan fingerprint density at radius 3 is 2.56 bits per heavy atom. The molecule has 2 heterocycles. The first kappa shape index (κ1) is 11.4. The van der Waals surface area contributed by atoms with Crippen molar-refractivity contribution in [2.45, 2.75) is 50.7 Å². The third kappa shape index (κ3) is 2.95. The maximum atomic E-state index is 11.6. The highest BCUT2D eigenvalue weighted by Gasteiger charge is 2.33. The van der Waals surface area contributed by atoms with E-state index in [1.807, 2.05) is 19.1 Å². The van der Waals surface area contributed by atoms with Crippen LogP contribution in [0.5, 0.6) is 0 Å². The number of fused-ring (bicyclic) bond motifs is 2. The van der Waals surface area contributed by atoms with Gasteiger partial charge in [0.15, 0.2) is 0 Å². The van der Waals surface area contributed by atoms with Crippen molar-refractivity contribution in [2.24, 2.45) is 0 Å². The number of allylic oxidation sites excluding steroid dienone is 3. The molecule has 0 aromatic heterocycles. The van der Waals surface area contributed by atoms with Crippen LogP contribution in [0.15, 0.2) is 24.3 Å². The van der Waals surface area contributed by atoms with Crippen LogP contribution < -0.4 is 10.6 Å². The number of amides is 1. The van der Waals surface area contributed by atoms with E-state index >= 15 is 0 Å². The molecule has 2 aliphatic heterocycles. The minimum Gasteiger partial charge on any atom is -0.350 e. The highest BCUT2D eigenvalue weighted by atomic mass is 16.1. The zero-order valence-electron chi connectivity index (χ0n) is 9.78. The Morgan fingerprint density at radius 2 is 1.94 bits per heavy atom. The molecule has 0 saturated carbocycles. The van der Waals surface area contributed by atoms with E-state index in [-0.39, 0.29) is 5.91 Å². The molecule has 3 nitrogen and oxygen atoms in total. The molecule has 0 spiro atoms. The monoisotopic (exact) mass is 220 g/mol. The fraction of sp³-hybridized carbons (Fsp3) is 0.615. The van der Waals surface area contributed by atoms with E-state index in [9.17, 15) is 4.79 Å². The molecule has 0 aliphatic carbocycles. The van der Waals surface area contributed by atoms with Gasteiger partial charge in [0.2, 0.25) is 5.91 Å². The Bertz CT molecular complexity index is 297. The van der Waals surface area contributed by atoms with Crippen molar-refractivity contribution in [3.8, 4) is 0 Å². The minimum absolute atomic E-state index is 0.0319. The Hall–Kier alpha value is -1.09. The Labute approximate surface area is 97.0 Å². The van der Waals surface area contributed by atoms with E-state index in [1.54, 1.807) is 12.2 Å². The van der Waals surface area contributed by atoms with Gasteiger partial charge in [0, 0.05) is 24.2 Å². The Morgan fingerprint density at radius 1 is 1.25 bits per heavy atom. The van der Waals surface area contributed by atoms with Gasteiger partial charge in [-0.2, -0.15) is 0 Å². The molecule has 88 valence electrons. The molecular formula is C13H20N2O. The summed E-state index contributed by atoms with van der Waals surface area (Å²) in [5.41, 5.74) is 0. The summed E-state index contributed by atoms with van der Waals surface area (Å²) < 4.78 is 0. The van der Waals surface area contributed by atoms with E-state index in [1.165, 1.54) is 12.8 Å². The van der Waals surface area contributed by atoms with Crippen molar-refractivity contribution in [3.05, 3.63) is 24.3 Å². The smallest absolute Gasteiger partial charge is 0.244 e. The van der Waals surface area contributed by atoms with Crippen molar-refractivity contribution in [1.82, 2.24) is 10.6 Å². The number of rotatable bonds is 3. The largest absolute Gasteiger partial charge is 0.350 e. The average molecular weight is 220 g/mol. The van der Waals surface area contributed by atoms with Crippen LogP contribution in [0.4, 0.5) is 0 Å². The normalized spacial score (nSPS) is 33.7. The predicted molar refractivity (Wildman–Crippen MR) is 65.1 cm³/mol. The molecule has 2 atom stereocenters. The Balaban J connectivity index is 1.79. The fourth-order valence-corrected chi connectivity index (χ4v) is 2.68. The molecule has 2 N–H and O–H groups in total. The van der Waals surface area contributed by atoms with Crippen LogP contribution >= 0.6 is 0 Å². The minimum atomic E-state index is 0.0319. The fourth-order valence-electron chi connectivity index (χ4n) is 2.68. The van der Waals surface area contributed by atoms with Crippen molar-refractivity contribution < 1.29 is 4.79 Å². The van der Waals surface area contributed by atoms with Gasteiger partial charge in [-0.3, -0.25) is 4.79 Å². The summed E-state index contributed by atoms with van der Waals surface area (Å²) in [6.07, 6.45) is 11.9. The molecule has 1 amide bonds. The summed E-state index contributed by atoms with van der Waals surface area (Å²) >= 11 is 0. The van der Waals surface area contributed by atoms with E-state index in [0.29, 0.717) is 18.1 Å². The third-order valence-corrected chi connectivity index (χ3v) is 3.37. The standard InChI is InChI=1S/C13H20N2O/c1-2-3-4-5-13(16)15-12-8-10-6-7-11(9-12)14-10/h2-5,10-12,14H,6-9H2,1H3,(H,15,16). The van der Waals surface area contributed by atoms with Crippen LogP contribution in [0, 0.1) is 0 Å². The van der Waals surface area contributed by atoms with Gasteiger partial charge < -0.3 is 10.6 Å². The molecule has 2 saturated heterocycles. The third-order valence-electron chi connectivity index (χ3n) is 3.37. The lowest BCUT2D eigenvalue weighted by molar-refractivity contribution is -0.117. The quantitative estimate of drug-likeness (QED) is 0.559. The lowest BCUT2D eigenvalue weighted by atomic mass is 10.00. The molecule has 2 unspecified atom stereocenters. The first-order valence-corrected chi connectivity index (χ1v) is 6.14. The summed E-state index contributed by atoms with van der Waals surface area (Å²) in [5.74, 6) is 0.0319. The highest BCUT2D eigenvalue weighted by Crippen LogP contribution is 2.26. The van der Waals surface area contributed by atoms with Gasteiger partial charge in [-0.1, -0.05) is 18.2 Å². The number of hydrogen-bond donors (Lipinski definition) is 2. The summed E-state index contributed by atoms with van der Waals surface area (Å²) in [6, 6.07) is 1.62. The molecule has 0 aromatic rings. The van der Waals surface area contributed by atoms with Crippen molar-refractivity contribution in [1.29, 1.82) is 0 Å². The van der Waals surface area contributed by atoms with E-state index in [0.717, 1.165) is 12.8 Å². The maximum absolute atomic E-state index is 11.6. The molecule has 3 heteroatoms.